The van der Waals surface area contributed by atoms with Crippen LogP contribution in [0.25, 0.3) is 26.8 Å². The Kier molecular flexibility index (Phi) is 3.21. The van der Waals surface area contributed by atoms with Gasteiger partial charge in [0.1, 0.15) is 16.3 Å². The van der Waals surface area contributed by atoms with E-state index >= 15 is 0 Å². The maximum absolute atomic E-state index is 5.95. The molecule has 22 heavy (non-hydrogen) atoms. The zero-order chi connectivity index (χ0) is 15.1. The van der Waals surface area contributed by atoms with Gasteiger partial charge in [-0.2, -0.15) is 0 Å². The van der Waals surface area contributed by atoms with Crippen molar-refractivity contribution in [3.63, 3.8) is 0 Å². The molecule has 0 N–H and O–H groups in total. The van der Waals surface area contributed by atoms with Crippen molar-refractivity contribution < 1.29 is 0 Å². The van der Waals surface area contributed by atoms with E-state index in [2.05, 4.69) is 9.97 Å². The van der Waals surface area contributed by atoms with Crippen molar-refractivity contribution in [2.45, 2.75) is 6.92 Å². The van der Waals surface area contributed by atoms with Gasteiger partial charge in [0.25, 0.3) is 0 Å². The van der Waals surface area contributed by atoms with E-state index in [0.29, 0.717) is 0 Å². The van der Waals surface area contributed by atoms with Gasteiger partial charge in [-0.15, -0.1) is 11.3 Å². The summed E-state index contributed by atoms with van der Waals surface area (Å²) in [5.41, 5.74) is 3.98. The van der Waals surface area contributed by atoms with Gasteiger partial charge >= 0.3 is 0 Å². The molecule has 0 atom stereocenters. The summed E-state index contributed by atoms with van der Waals surface area (Å²) >= 11 is 7.60. The zero-order valence-corrected chi connectivity index (χ0v) is 13.4. The molecule has 0 aliphatic rings. The van der Waals surface area contributed by atoms with Crippen molar-refractivity contribution in [3.05, 3.63) is 65.6 Å². The molecule has 0 bridgehead atoms. The molecule has 0 saturated heterocycles. The fourth-order valence-electron chi connectivity index (χ4n) is 2.39. The van der Waals surface area contributed by atoms with Crippen LogP contribution in [-0.4, -0.2) is 14.4 Å². The first-order valence-corrected chi connectivity index (χ1v) is 8.07. The number of fused-ring (bicyclic) bond motifs is 1. The number of nitrogens with zero attached hydrogens (tertiary/aromatic N) is 3. The van der Waals surface area contributed by atoms with Crippen molar-refractivity contribution in [3.8, 4) is 21.1 Å². The minimum absolute atomic E-state index is 0.734. The fraction of sp³-hybridized carbons (Fsp3) is 0.0588. The van der Waals surface area contributed by atoms with Gasteiger partial charge in [-0.25, -0.2) is 9.97 Å². The van der Waals surface area contributed by atoms with Crippen LogP contribution in [0.3, 0.4) is 0 Å². The molecule has 0 spiro atoms. The second-order valence-electron chi connectivity index (χ2n) is 5.03. The van der Waals surface area contributed by atoms with E-state index in [1.807, 2.05) is 66.2 Å². The molecule has 0 amide bonds. The molecule has 0 saturated carbocycles. The number of pyridine rings is 1. The number of halogens is 1. The lowest BCUT2D eigenvalue weighted by molar-refractivity contribution is 1.19. The molecular formula is C17H12ClN3S. The summed E-state index contributed by atoms with van der Waals surface area (Å²) in [4.78, 5) is 10.5. The number of imidazole rings is 1. The largest absolute Gasteiger partial charge is 0.306 e. The minimum Gasteiger partial charge on any atom is -0.306 e. The van der Waals surface area contributed by atoms with Crippen molar-refractivity contribution in [2.75, 3.05) is 0 Å². The molecule has 5 heteroatoms. The van der Waals surface area contributed by atoms with Gasteiger partial charge in [-0.1, -0.05) is 29.8 Å². The van der Waals surface area contributed by atoms with Gasteiger partial charge in [0, 0.05) is 23.0 Å². The highest BCUT2D eigenvalue weighted by Gasteiger charge is 2.14. The summed E-state index contributed by atoms with van der Waals surface area (Å²) in [5.74, 6) is 0. The van der Waals surface area contributed by atoms with E-state index in [-0.39, 0.29) is 0 Å². The molecule has 0 aliphatic heterocycles. The van der Waals surface area contributed by atoms with E-state index in [1.165, 1.54) is 0 Å². The minimum atomic E-state index is 0.734. The number of rotatable bonds is 2. The first-order valence-electron chi connectivity index (χ1n) is 6.88. The molecule has 0 radical (unpaired) electrons. The predicted molar refractivity (Wildman–Crippen MR) is 91.5 cm³/mol. The second-order valence-corrected chi connectivity index (χ2v) is 6.47. The molecule has 0 aliphatic carbocycles. The lowest BCUT2D eigenvalue weighted by Gasteiger charge is -1.95. The molecule has 4 rings (SSSR count). The average Bonchev–Trinajstić information content (AvgIpc) is 3.11. The Hall–Kier alpha value is -2.17. The predicted octanol–water partition coefficient (Wildman–Crippen LogP) is 5.09. The molecule has 0 unspecified atom stereocenters. The van der Waals surface area contributed by atoms with E-state index in [4.69, 9.17) is 11.6 Å². The van der Waals surface area contributed by atoms with Crippen LogP contribution in [0.1, 0.15) is 5.69 Å². The molecule has 0 fully saturated rings. The summed E-state index contributed by atoms with van der Waals surface area (Å²) in [5, 5.41) is 1.72. The smallest absolute Gasteiger partial charge is 0.137 e. The molecule has 1 aromatic carbocycles. The van der Waals surface area contributed by atoms with Crippen LogP contribution in [-0.2, 0) is 0 Å². The topological polar surface area (TPSA) is 30.2 Å². The first kappa shape index (κ1) is 13.5. The highest BCUT2D eigenvalue weighted by Crippen LogP contribution is 2.35. The fourth-order valence-corrected chi connectivity index (χ4v) is 3.55. The number of hydrogen-bond acceptors (Lipinski definition) is 3. The van der Waals surface area contributed by atoms with E-state index in [9.17, 15) is 0 Å². The maximum atomic E-state index is 5.95. The quantitative estimate of drug-likeness (QED) is 0.514. The number of benzene rings is 1. The monoisotopic (exact) mass is 325 g/mol. The number of thiazole rings is 1. The van der Waals surface area contributed by atoms with Gasteiger partial charge in [-0.05, 0) is 31.2 Å². The normalized spacial score (nSPS) is 11.2. The molecular weight excluding hydrogens is 314 g/mol. The van der Waals surface area contributed by atoms with Gasteiger partial charge < -0.3 is 4.40 Å². The lowest BCUT2D eigenvalue weighted by Crippen LogP contribution is -1.78. The Labute approximate surface area is 136 Å². The Morgan fingerprint density at radius 3 is 2.64 bits per heavy atom. The lowest BCUT2D eigenvalue weighted by atomic mass is 10.2. The van der Waals surface area contributed by atoms with E-state index in [1.54, 1.807) is 11.3 Å². The van der Waals surface area contributed by atoms with Crippen molar-refractivity contribution in [2.24, 2.45) is 0 Å². The number of aryl methyl sites for hydroxylation is 1. The Balaban J connectivity index is 1.81. The van der Waals surface area contributed by atoms with Crippen LogP contribution in [0.2, 0.25) is 5.02 Å². The van der Waals surface area contributed by atoms with Crippen LogP contribution in [0.4, 0.5) is 0 Å². The summed E-state index contributed by atoms with van der Waals surface area (Å²) in [6.07, 6.45) is 4.05. The third kappa shape index (κ3) is 2.30. The number of hydrogen-bond donors (Lipinski definition) is 0. The highest BCUT2D eigenvalue weighted by atomic mass is 35.5. The molecule has 3 heterocycles. The van der Waals surface area contributed by atoms with Gasteiger partial charge in [0.2, 0.25) is 0 Å². The SMILES string of the molecule is Cc1nc(-c2ccc(Cl)cc2)sc1-c1cn2ccccc2n1. The van der Waals surface area contributed by atoms with Gasteiger partial charge in [0.05, 0.1) is 10.6 Å². The second kappa shape index (κ2) is 5.23. The van der Waals surface area contributed by atoms with Crippen molar-refractivity contribution >= 4 is 28.6 Å². The average molecular weight is 326 g/mol. The van der Waals surface area contributed by atoms with Crippen molar-refractivity contribution in [1.82, 2.24) is 14.4 Å². The van der Waals surface area contributed by atoms with Crippen molar-refractivity contribution in [1.29, 1.82) is 0 Å². The maximum Gasteiger partial charge on any atom is 0.137 e. The van der Waals surface area contributed by atoms with Crippen LogP contribution < -0.4 is 0 Å². The highest BCUT2D eigenvalue weighted by molar-refractivity contribution is 7.18. The van der Waals surface area contributed by atoms with Gasteiger partial charge in [0.15, 0.2) is 0 Å². The van der Waals surface area contributed by atoms with E-state index < -0.39 is 0 Å². The summed E-state index contributed by atoms with van der Waals surface area (Å²) < 4.78 is 2.02. The molecule has 4 aromatic rings. The Morgan fingerprint density at radius 2 is 1.86 bits per heavy atom. The Morgan fingerprint density at radius 1 is 1.05 bits per heavy atom. The summed E-state index contributed by atoms with van der Waals surface area (Å²) in [6, 6.07) is 13.8. The Bertz CT molecular complexity index is 921. The number of aromatic nitrogens is 3. The third-order valence-electron chi connectivity index (χ3n) is 3.48. The molecule has 108 valence electrons. The third-order valence-corrected chi connectivity index (χ3v) is 4.97. The standard InChI is InChI=1S/C17H12ClN3S/c1-11-16(14-10-21-9-3-2-4-15(21)20-14)22-17(19-11)12-5-7-13(18)8-6-12/h2-10H,1H3. The van der Waals surface area contributed by atoms with Crippen LogP contribution in [0, 0.1) is 6.92 Å². The summed E-state index contributed by atoms with van der Waals surface area (Å²) in [7, 11) is 0. The summed E-state index contributed by atoms with van der Waals surface area (Å²) in [6.45, 7) is 2.02. The molecule has 3 nitrogen and oxygen atoms in total. The van der Waals surface area contributed by atoms with Crippen LogP contribution >= 0.6 is 22.9 Å². The van der Waals surface area contributed by atoms with E-state index in [0.717, 1.165) is 37.5 Å². The first-order chi connectivity index (χ1) is 10.7. The van der Waals surface area contributed by atoms with Crippen LogP contribution in [0.5, 0.6) is 0 Å². The van der Waals surface area contributed by atoms with Crippen LogP contribution in [0.15, 0.2) is 54.9 Å². The zero-order valence-electron chi connectivity index (χ0n) is 11.8. The molecule has 3 aromatic heterocycles. The van der Waals surface area contributed by atoms with Gasteiger partial charge in [-0.3, -0.25) is 0 Å².